The van der Waals surface area contributed by atoms with Crippen molar-refractivity contribution < 1.29 is 5.11 Å². The Labute approximate surface area is 57.1 Å². The molecule has 0 unspecified atom stereocenters. The molecule has 0 atom stereocenters. The van der Waals surface area contributed by atoms with Gasteiger partial charge in [-0.05, 0) is 0 Å². The number of H-pyrrole nitrogens is 1. The zero-order valence-electron chi connectivity index (χ0n) is 5.16. The predicted octanol–water partition coefficient (Wildman–Crippen LogP) is -0.485. The van der Waals surface area contributed by atoms with Gasteiger partial charge in [-0.1, -0.05) is 5.92 Å². The molecular formula is C6H6N2O2. The lowest BCUT2D eigenvalue weighted by molar-refractivity contribution is 0.424. The van der Waals surface area contributed by atoms with Gasteiger partial charge in [0.2, 0.25) is 5.88 Å². The third kappa shape index (κ3) is 0.890. The van der Waals surface area contributed by atoms with Crippen LogP contribution < -0.4 is 5.69 Å². The van der Waals surface area contributed by atoms with E-state index in [-0.39, 0.29) is 12.4 Å². The summed E-state index contributed by atoms with van der Waals surface area (Å²) in [5, 5.41) is 8.90. The van der Waals surface area contributed by atoms with Gasteiger partial charge in [0, 0.05) is 0 Å². The standard InChI is InChI=1S/C6H6N2O2/c1-2-3-8-5(9)4-7-6(8)10/h1,4,9H,3H2,(H,7,10). The Hall–Kier alpha value is -1.63. The lowest BCUT2D eigenvalue weighted by atomic mass is 10.6. The Bertz CT molecular complexity index is 315. The van der Waals surface area contributed by atoms with Crippen LogP contribution in [0, 0.1) is 12.3 Å². The molecule has 2 N–H and O–H groups in total. The zero-order valence-corrected chi connectivity index (χ0v) is 5.16. The fraction of sp³-hybridized carbons (Fsp3) is 0.167. The first-order valence-electron chi connectivity index (χ1n) is 2.66. The molecule has 0 saturated heterocycles. The second-order valence-electron chi connectivity index (χ2n) is 1.74. The molecule has 0 aromatic carbocycles. The van der Waals surface area contributed by atoms with E-state index in [1.165, 1.54) is 6.20 Å². The third-order valence-corrected chi connectivity index (χ3v) is 1.10. The van der Waals surface area contributed by atoms with E-state index in [9.17, 15) is 4.79 Å². The Kier molecular flexibility index (Phi) is 1.50. The maximum atomic E-state index is 10.7. The molecule has 0 spiro atoms. The highest BCUT2D eigenvalue weighted by Crippen LogP contribution is 2.00. The topological polar surface area (TPSA) is 58.0 Å². The van der Waals surface area contributed by atoms with Crippen LogP contribution in [-0.4, -0.2) is 14.7 Å². The molecule has 10 heavy (non-hydrogen) atoms. The normalized spacial score (nSPS) is 9.10. The van der Waals surface area contributed by atoms with Gasteiger partial charge in [-0.15, -0.1) is 6.42 Å². The van der Waals surface area contributed by atoms with Crippen molar-refractivity contribution in [1.29, 1.82) is 0 Å². The second-order valence-corrected chi connectivity index (χ2v) is 1.74. The number of nitrogens with zero attached hydrogens (tertiary/aromatic N) is 1. The van der Waals surface area contributed by atoms with E-state index in [2.05, 4.69) is 10.9 Å². The molecule has 0 aliphatic carbocycles. The van der Waals surface area contributed by atoms with Crippen LogP contribution >= 0.6 is 0 Å². The minimum Gasteiger partial charge on any atom is -0.493 e. The van der Waals surface area contributed by atoms with Crippen LogP contribution in [-0.2, 0) is 6.54 Å². The van der Waals surface area contributed by atoms with E-state index in [1.54, 1.807) is 0 Å². The first-order valence-corrected chi connectivity index (χ1v) is 2.66. The Balaban J connectivity index is 3.13. The first-order chi connectivity index (χ1) is 4.75. The summed E-state index contributed by atoms with van der Waals surface area (Å²) in [7, 11) is 0. The molecule has 52 valence electrons. The van der Waals surface area contributed by atoms with Gasteiger partial charge in [0.05, 0.1) is 12.7 Å². The maximum Gasteiger partial charge on any atom is 0.329 e. The lowest BCUT2D eigenvalue weighted by Crippen LogP contribution is -2.15. The van der Waals surface area contributed by atoms with E-state index < -0.39 is 5.69 Å². The Morgan fingerprint density at radius 3 is 3.00 bits per heavy atom. The van der Waals surface area contributed by atoms with E-state index in [1.807, 2.05) is 0 Å². The van der Waals surface area contributed by atoms with Gasteiger partial charge in [-0.3, -0.25) is 4.57 Å². The number of aromatic hydroxyl groups is 1. The van der Waals surface area contributed by atoms with Gasteiger partial charge in [0.15, 0.2) is 0 Å². The monoisotopic (exact) mass is 138 g/mol. The SMILES string of the molecule is C#CCn1c(O)c[nH]c1=O. The molecule has 1 heterocycles. The quantitative estimate of drug-likeness (QED) is 0.515. The average molecular weight is 138 g/mol. The number of nitrogens with one attached hydrogen (secondary N) is 1. The van der Waals surface area contributed by atoms with Gasteiger partial charge in [-0.25, -0.2) is 4.79 Å². The molecule has 4 heteroatoms. The molecule has 1 rings (SSSR count). The molecule has 1 aromatic heterocycles. The summed E-state index contributed by atoms with van der Waals surface area (Å²) in [6.07, 6.45) is 6.12. The van der Waals surface area contributed by atoms with Crippen molar-refractivity contribution in [2.45, 2.75) is 6.54 Å². The fourth-order valence-electron chi connectivity index (χ4n) is 0.630. The van der Waals surface area contributed by atoms with Crippen LogP contribution in [0.15, 0.2) is 11.0 Å². The highest BCUT2D eigenvalue weighted by molar-refractivity contribution is 5.05. The van der Waals surface area contributed by atoms with Crippen LogP contribution in [0.5, 0.6) is 5.88 Å². The summed E-state index contributed by atoms with van der Waals surface area (Å²) in [6.45, 7) is 0.0914. The maximum absolute atomic E-state index is 10.7. The van der Waals surface area contributed by atoms with Crippen molar-refractivity contribution in [2.24, 2.45) is 0 Å². The lowest BCUT2D eigenvalue weighted by Gasteiger charge is -1.92. The Morgan fingerprint density at radius 2 is 2.60 bits per heavy atom. The minimum absolute atomic E-state index is 0.0914. The molecule has 1 aromatic rings. The third-order valence-electron chi connectivity index (χ3n) is 1.10. The van der Waals surface area contributed by atoms with Crippen LogP contribution in [0.3, 0.4) is 0 Å². The smallest absolute Gasteiger partial charge is 0.329 e. The number of hydrogen-bond acceptors (Lipinski definition) is 2. The number of hydrogen-bond donors (Lipinski definition) is 2. The predicted molar refractivity (Wildman–Crippen MR) is 35.6 cm³/mol. The molecule has 0 amide bonds. The van der Waals surface area contributed by atoms with E-state index in [4.69, 9.17) is 11.5 Å². The van der Waals surface area contributed by atoms with Crippen molar-refractivity contribution in [2.75, 3.05) is 0 Å². The van der Waals surface area contributed by atoms with Crippen LogP contribution in [0.1, 0.15) is 0 Å². The fourth-order valence-corrected chi connectivity index (χ4v) is 0.630. The number of terminal acetylenes is 1. The van der Waals surface area contributed by atoms with E-state index in [0.717, 1.165) is 4.57 Å². The molecule has 0 radical (unpaired) electrons. The van der Waals surface area contributed by atoms with E-state index >= 15 is 0 Å². The van der Waals surface area contributed by atoms with Gasteiger partial charge in [0.1, 0.15) is 0 Å². The van der Waals surface area contributed by atoms with Crippen molar-refractivity contribution in [3.05, 3.63) is 16.7 Å². The van der Waals surface area contributed by atoms with Gasteiger partial charge in [-0.2, -0.15) is 0 Å². The van der Waals surface area contributed by atoms with Crippen molar-refractivity contribution >= 4 is 0 Å². The van der Waals surface area contributed by atoms with Gasteiger partial charge in [0.25, 0.3) is 0 Å². The minimum atomic E-state index is -0.393. The highest BCUT2D eigenvalue weighted by Gasteiger charge is 1.99. The Morgan fingerprint density at radius 1 is 1.90 bits per heavy atom. The molecule has 0 aliphatic heterocycles. The molecular weight excluding hydrogens is 132 g/mol. The molecule has 0 aliphatic rings. The van der Waals surface area contributed by atoms with Crippen molar-refractivity contribution in [3.63, 3.8) is 0 Å². The van der Waals surface area contributed by atoms with Crippen molar-refractivity contribution in [1.82, 2.24) is 9.55 Å². The first kappa shape index (κ1) is 6.49. The van der Waals surface area contributed by atoms with Gasteiger partial charge >= 0.3 is 5.69 Å². The van der Waals surface area contributed by atoms with Gasteiger partial charge < -0.3 is 10.1 Å². The summed E-state index contributed by atoms with van der Waals surface area (Å²) in [4.78, 5) is 13.0. The summed E-state index contributed by atoms with van der Waals surface area (Å²) < 4.78 is 1.06. The number of rotatable bonds is 1. The molecule has 4 nitrogen and oxygen atoms in total. The summed E-state index contributed by atoms with van der Waals surface area (Å²) in [6, 6.07) is 0. The summed E-state index contributed by atoms with van der Waals surface area (Å²) >= 11 is 0. The average Bonchev–Trinajstić information content (AvgIpc) is 2.20. The van der Waals surface area contributed by atoms with Crippen LogP contribution in [0.25, 0.3) is 0 Å². The highest BCUT2D eigenvalue weighted by atomic mass is 16.3. The van der Waals surface area contributed by atoms with Crippen molar-refractivity contribution in [3.8, 4) is 18.2 Å². The molecule has 0 saturated carbocycles. The second kappa shape index (κ2) is 2.31. The largest absolute Gasteiger partial charge is 0.493 e. The summed E-state index contributed by atoms with van der Waals surface area (Å²) in [5.41, 5.74) is -0.393. The number of imidazole rings is 1. The summed E-state index contributed by atoms with van der Waals surface area (Å²) in [5.74, 6) is 2.10. The van der Waals surface area contributed by atoms with Crippen LogP contribution in [0.4, 0.5) is 0 Å². The molecule has 0 fully saturated rings. The van der Waals surface area contributed by atoms with Crippen LogP contribution in [0.2, 0.25) is 0 Å². The number of aromatic nitrogens is 2. The number of aromatic amines is 1. The zero-order chi connectivity index (χ0) is 7.56. The van der Waals surface area contributed by atoms with E-state index in [0.29, 0.717) is 0 Å². The molecule has 0 bridgehead atoms.